The number of nitrogens with one attached hydrogen (secondary N) is 1. The van der Waals surface area contributed by atoms with Crippen LogP contribution in [0.1, 0.15) is 15.9 Å². The lowest BCUT2D eigenvalue weighted by atomic mass is 10.2. The second-order valence-corrected chi connectivity index (χ2v) is 4.96. The molecule has 1 amide bonds. The van der Waals surface area contributed by atoms with Crippen LogP contribution in [0, 0.1) is 0 Å². The summed E-state index contributed by atoms with van der Waals surface area (Å²) in [6.07, 6.45) is 4.63. The van der Waals surface area contributed by atoms with Crippen molar-refractivity contribution >= 4 is 23.5 Å². The van der Waals surface area contributed by atoms with E-state index in [4.69, 9.17) is 11.6 Å². The van der Waals surface area contributed by atoms with Gasteiger partial charge in [0.2, 0.25) is 5.95 Å². The van der Waals surface area contributed by atoms with Crippen molar-refractivity contribution < 1.29 is 4.79 Å². The molecule has 1 N–H and O–H groups in total. The van der Waals surface area contributed by atoms with E-state index in [1.54, 1.807) is 29.3 Å². The number of nitrogens with zero attached hydrogens (tertiary/aromatic N) is 4. The third kappa shape index (κ3) is 3.29. The molecule has 0 atom stereocenters. The minimum Gasteiger partial charge on any atom is -0.289 e. The lowest BCUT2D eigenvalue weighted by Crippen LogP contribution is -2.13. The lowest BCUT2D eigenvalue weighted by Gasteiger charge is -2.03. The van der Waals surface area contributed by atoms with Crippen molar-refractivity contribution in [3.63, 3.8) is 0 Å². The number of carbonyl (C=O) groups excluding carboxylic acids is 1. The number of rotatable bonds is 4. The molecule has 0 spiro atoms. The molecular formula is C15H12ClN5O. The van der Waals surface area contributed by atoms with Crippen molar-refractivity contribution in [2.75, 3.05) is 5.32 Å². The molecule has 3 aromatic rings. The first-order valence-corrected chi connectivity index (χ1v) is 6.94. The number of hydrogen-bond donors (Lipinski definition) is 1. The van der Waals surface area contributed by atoms with Crippen LogP contribution in [0.15, 0.2) is 55.1 Å². The SMILES string of the molecule is O=C(Nc1ncn(Cc2ccccc2Cl)n1)c1cccnc1. The maximum Gasteiger partial charge on any atom is 0.259 e. The highest BCUT2D eigenvalue weighted by Gasteiger charge is 2.09. The summed E-state index contributed by atoms with van der Waals surface area (Å²) < 4.78 is 1.61. The smallest absolute Gasteiger partial charge is 0.259 e. The van der Waals surface area contributed by atoms with Crippen LogP contribution in [0.3, 0.4) is 0 Å². The minimum absolute atomic E-state index is 0.237. The minimum atomic E-state index is -0.302. The Morgan fingerprint density at radius 3 is 2.86 bits per heavy atom. The zero-order valence-electron chi connectivity index (χ0n) is 11.5. The van der Waals surface area contributed by atoms with Crippen molar-refractivity contribution in [2.24, 2.45) is 0 Å². The number of aromatic nitrogens is 4. The second-order valence-electron chi connectivity index (χ2n) is 4.55. The van der Waals surface area contributed by atoms with Crippen molar-refractivity contribution in [1.29, 1.82) is 0 Å². The van der Waals surface area contributed by atoms with E-state index in [0.717, 1.165) is 5.56 Å². The Bertz CT molecular complexity index is 787. The highest BCUT2D eigenvalue weighted by atomic mass is 35.5. The largest absolute Gasteiger partial charge is 0.289 e. The highest BCUT2D eigenvalue weighted by molar-refractivity contribution is 6.31. The van der Waals surface area contributed by atoms with Crippen molar-refractivity contribution in [3.05, 3.63) is 71.3 Å². The number of pyridine rings is 1. The van der Waals surface area contributed by atoms with Gasteiger partial charge in [0.25, 0.3) is 5.91 Å². The predicted molar refractivity (Wildman–Crippen MR) is 82.8 cm³/mol. The molecule has 6 nitrogen and oxygen atoms in total. The zero-order valence-corrected chi connectivity index (χ0v) is 12.2. The van der Waals surface area contributed by atoms with Gasteiger partial charge < -0.3 is 0 Å². The van der Waals surface area contributed by atoms with Gasteiger partial charge >= 0.3 is 0 Å². The van der Waals surface area contributed by atoms with Gasteiger partial charge in [-0.1, -0.05) is 29.8 Å². The molecule has 0 aliphatic rings. The molecule has 3 rings (SSSR count). The summed E-state index contributed by atoms with van der Waals surface area (Å²) in [5.74, 6) is -0.0653. The van der Waals surface area contributed by atoms with Gasteiger partial charge in [-0.3, -0.25) is 15.1 Å². The van der Waals surface area contributed by atoms with Gasteiger partial charge in [-0.05, 0) is 23.8 Å². The van der Waals surface area contributed by atoms with Crippen LogP contribution in [0.25, 0.3) is 0 Å². The summed E-state index contributed by atoms with van der Waals surface area (Å²) in [6, 6.07) is 10.9. The first-order valence-electron chi connectivity index (χ1n) is 6.56. The normalized spacial score (nSPS) is 10.4. The third-order valence-corrected chi connectivity index (χ3v) is 3.34. The van der Waals surface area contributed by atoms with E-state index in [9.17, 15) is 4.79 Å². The third-order valence-electron chi connectivity index (χ3n) is 2.98. The topological polar surface area (TPSA) is 72.7 Å². The molecule has 2 heterocycles. The fraction of sp³-hybridized carbons (Fsp3) is 0.0667. The van der Waals surface area contributed by atoms with Crippen LogP contribution in [-0.4, -0.2) is 25.7 Å². The lowest BCUT2D eigenvalue weighted by molar-refractivity contribution is 0.102. The maximum atomic E-state index is 12.0. The molecule has 110 valence electrons. The summed E-state index contributed by atoms with van der Waals surface area (Å²) in [7, 11) is 0. The van der Waals surface area contributed by atoms with E-state index in [1.165, 1.54) is 6.20 Å². The molecular weight excluding hydrogens is 302 g/mol. The monoisotopic (exact) mass is 313 g/mol. The second kappa shape index (κ2) is 6.36. The van der Waals surface area contributed by atoms with Crippen molar-refractivity contribution in [1.82, 2.24) is 19.7 Å². The summed E-state index contributed by atoms with van der Waals surface area (Å²) in [5, 5.41) is 7.50. The van der Waals surface area contributed by atoms with Crippen molar-refractivity contribution in [3.8, 4) is 0 Å². The predicted octanol–water partition coefficient (Wildman–Crippen LogP) is 2.63. The first-order chi connectivity index (χ1) is 10.7. The molecule has 1 aromatic carbocycles. The van der Waals surface area contributed by atoms with Crippen LogP contribution >= 0.6 is 11.6 Å². The molecule has 0 aliphatic carbocycles. The van der Waals surface area contributed by atoms with Crippen LogP contribution in [-0.2, 0) is 6.54 Å². The summed E-state index contributed by atoms with van der Waals surface area (Å²) in [6.45, 7) is 0.482. The average Bonchev–Trinajstić information content (AvgIpc) is 2.97. The van der Waals surface area contributed by atoms with Crippen LogP contribution in [0.4, 0.5) is 5.95 Å². The maximum absolute atomic E-state index is 12.0. The zero-order chi connectivity index (χ0) is 15.4. The van der Waals surface area contributed by atoms with E-state index in [-0.39, 0.29) is 11.9 Å². The van der Waals surface area contributed by atoms with Gasteiger partial charge in [-0.25, -0.2) is 9.67 Å². The van der Waals surface area contributed by atoms with Gasteiger partial charge in [0.05, 0.1) is 12.1 Å². The highest BCUT2D eigenvalue weighted by Crippen LogP contribution is 2.16. The Hall–Kier alpha value is -2.73. The standard InChI is InChI=1S/C15H12ClN5O/c16-13-6-2-1-4-12(13)9-21-10-18-15(20-21)19-14(22)11-5-3-7-17-8-11/h1-8,10H,9H2,(H,19,20,22). The molecule has 0 saturated carbocycles. The fourth-order valence-corrected chi connectivity index (χ4v) is 2.10. The number of amides is 1. The van der Waals surface area contributed by atoms with Gasteiger partial charge in [0.15, 0.2) is 0 Å². The molecule has 7 heteroatoms. The Kier molecular flexibility index (Phi) is 4.11. The molecule has 0 radical (unpaired) electrons. The summed E-state index contributed by atoms with van der Waals surface area (Å²) >= 11 is 6.11. The van der Waals surface area contributed by atoms with E-state index in [1.807, 2.05) is 24.3 Å². The Morgan fingerprint density at radius 2 is 2.09 bits per heavy atom. The van der Waals surface area contributed by atoms with Gasteiger partial charge in [0, 0.05) is 17.4 Å². The molecule has 0 fully saturated rings. The number of benzene rings is 1. The Balaban J connectivity index is 1.69. The molecule has 22 heavy (non-hydrogen) atoms. The molecule has 0 aliphatic heterocycles. The van der Waals surface area contributed by atoms with E-state index < -0.39 is 0 Å². The molecule has 2 aromatic heterocycles. The van der Waals surface area contributed by atoms with E-state index in [0.29, 0.717) is 17.1 Å². The number of anilines is 1. The van der Waals surface area contributed by atoms with Gasteiger partial charge in [-0.15, -0.1) is 5.10 Å². The molecule has 0 bridgehead atoms. The molecule has 0 saturated heterocycles. The van der Waals surface area contributed by atoms with Crippen LogP contribution < -0.4 is 5.32 Å². The van der Waals surface area contributed by atoms with Crippen LogP contribution in [0.2, 0.25) is 5.02 Å². The summed E-state index contributed by atoms with van der Waals surface area (Å²) in [5.41, 5.74) is 1.38. The van der Waals surface area contributed by atoms with Gasteiger partial charge in [-0.2, -0.15) is 0 Å². The Labute approximate surface area is 131 Å². The van der Waals surface area contributed by atoms with E-state index in [2.05, 4.69) is 20.4 Å². The summed E-state index contributed by atoms with van der Waals surface area (Å²) in [4.78, 5) is 19.9. The van der Waals surface area contributed by atoms with Crippen molar-refractivity contribution in [2.45, 2.75) is 6.54 Å². The quantitative estimate of drug-likeness (QED) is 0.803. The average molecular weight is 314 g/mol. The first kappa shape index (κ1) is 14.2. The van der Waals surface area contributed by atoms with Crippen LogP contribution in [0.5, 0.6) is 0 Å². The Morgan fingerprint density at radius 1 is 1.23 bits per heavy atom. The molecule has 0 unspecified atom stereocenters. The van der Waals surface area contributed by atoms with E-state index >= 15 is 0 Å². The van der Waals surface area contributed by atoms with Gasteiger partial charge in [0.1, 0.15) is 6.33 Å². The fourth-order valence-electron chi connectivity index (χ4n) is 1.90. The number of carbonyl (C=O) groups is 1. The number of halogens is 1. The number of hydrogen-bond acceptors (Lipinski definition) is 4.